The monoisotopic (exact) mass is 123 g/mol. The first-order chi connectivity index (χ1) is 2.91. The summed E-state index contributed by atoms with van der Waals surface area (Å²) in [6.45, 7) is 2.17. The second-order valence-corrected chi connectivity index (χ2v) is 1.77. The Labute approximate surface area is 50.6 Å². The third-order valence-electron chi connectivity index (χ3n) is 0.737. The van der Waals surface area contributed by atoms with Crippen LogP contribution in [0, 0.1) is 0 Å². The fraction of sp³-hybridized carbons (Fsp3) is 1.00. The first-order valence-corrected chi connectivity index (χ1v) is 3.01. The van der Waals surface area contributed by atoms with E-state index in [-0.39, 0.29) is 6.15 Å². The fourth-order valence-electron chi connectivity index (χ4n) is 0.344. The first-order valence-electron chi connectivity index (χ1n) is 2.47. The van der Waals surface area contributed by atoms with E-state index in [0.717, 1.165) is 5.88 Å². The molecule has 0 atom stereocenters. The van der Waals surface area contributed by atoms with Crippen LogP contribution in [0.3, 0.4) is 0 Å². The smallest absolute Gasteiger partial charge is 0.0223 e. The normalized spacial score (nSPS) is 7.71. The molecule has 0 radical (unpaired) electrons. The van der Waals surface area contributed by atoms with Gasteiger partial charge in [-0.2, -0.15) is 0 Å². The van der Waals surface area contributed by atoms with Gasteiger partial charge in [0.15, 0.2) is 0 Å². The molecule has 0 aliphatic rings. The molecule has 0 unspecified atom stereocenters. The topological polar surface area (TPSA) is 35.0 Å². The van der Waals surface area contributed by atoms with Crippen molar-refractivity contribution in [1.82, 2.24) is 6.15 Å². The zero-order chi connectivity index (χ0) is 4.83. The highest BCUT2D eigenvalue weighted by Crippen LogP contribution is 1.93. The lowest BCUT2D eigenvalue weighted by Gasteiger charge is -1.84. The average molecular weight is 124 g/mol. The molecule has 0 saturated carbocycles. The van der Waals surface area contributed by atoms with Gasteiger partial charge in [0.1, 0.15) is 0 Å². The summed E-state index contributed by atoms with van der Waals surface area (Å²) in [5.74, 6) is 0.827. The summed E-state index contributed by atoms with van der Waals surface area (Å²) in [6, 6.07) is 0. The molecular weight excluding hydrogens is 110 g/mol. The molecule has 2 heteroatoms. The SMILES string of the molecule is CCCCCCl.N. The molecule has 0 fully saturated rings. The Balaban J connectivity index is 0. The van der Waals surface area contributed by atoms with Crippen LogP contribution < -0.4 is 6.15 Å². The van der Waals surface area contributed by atoms with E-state index in [1.54, 1.807) is 0 Å². The van der Waals surface area contributed by atoms with E-state index in [2.05, 4.69) is 6.92 Å². The van der Waals surface area contributed by atoms with Crippen molar-refractivity contribution in [1.29, 1.82) is 0 Å². The van der Waals surface area contributed by atoms with Crippen LogP contribution in [0.1, 0.15) is 26.2 Å². The van der Waals surface area contributed by atoms with Crippen molar-refractivity contribution in [3.8, 4) is 0 Å². The zero-order valence-corrected chi connectivity index (χ0v) is 5.67. The van der Waals surface area contributed by atoms with Crippen molar-refractivity contribution < 1.29 is 0 Å². The number of hydrogen-bond acceptors (Lipinski definition) is 1. The minimum Gasteiger partial charge on any atom is -0.344 e. The Kier molecular flexibility index (Phi) is 14.0. The van der Waals surface area contributed by atoms with Gasteiger partial charge < -0.3 is 6.15 Å². The van der Waals surface area contributed by atoms with Gasteiger partial charge in [-0.15, -0.1) is 11.6 Å². The lowest BCUT2D eigenvalue weighted by Crippen LogP contribution is -1.70. The third kappa shape index (κ3) is 10.7. The first kappa shape index (κ1) is 10.3. The predicted octanol–water partition coefficient (Wildman–Crippen LogP) is 2.58. The Morgan fingerprint density at radius 3 is 2.00 bits per heavy atom. The molecule has 0 rings (SSSR count). The molecule has 46 valence electrons. The summed E-state index contributed by atoms with van der Waals surface area (Å²) in [5.41, 5.74) is 0. The van der Waals surface area contributed by atoms with Crippen molar-refractivity contribution in [2.45, 2.75) is 26.2 Å². The van der Waals surface area contributed by atoms with Crippen molar-refractivity contribution in [3.63, 3.8) is 0 Å². The molecule has 0 aliphatic carbocycles. The maximum atomic E-state index is 5.38. The summed E-state index contributed by atoms with van der Waals surface area (Å²) >= 11 is 5.38. The standard InChI is InChI=1S/C5H11Cl.H3N/c1-2-3-4-5-6;/h2-5H2,1H3;1H3. The van der Waals surface area contributed by atoms with Crippen LogP contribution in [0.25, 0.3) is 0 Å². The molecule has 0 saturated heterocycles. The molecule has 7 heavy (non-hydrogen) atoms. The largest absolute Gasteiger partial charge is 0.344 e. The van der Waals surface area contributed by atoms with Gasteiger partial charge in [0, 0.05) is 5.88 Å². The Morgan fingerprint density at radius 1 is 1.29 bits per heavy atom. The Bertz CT molecular complexity index is 20.0. The van der Waals surface area contributed by atoms with Crippen LogP contribution in [-0.2, 0) is 0 Å². The van der Waals surface area contributed by atoms with Crippen LogP contribution >= 0.6 is 11.6 Å². The van der Waals surface area contributed by atoms with E-state index in [1.807, 2.05) is 0 Å². The molecule has 1 nitrogen and oxygen atoms in total. The lowest BCUT2D eigenvalue weighted by molar-refractivity contribution is 0.776. The van der Waals surface area contributed by atoms with Crippen LogP contribution in [0.15, 0.2) is 0 Å². The second kappa shape index (κ2) is 9.54. The number of alkyl halides is 1. The number of unbranched alkanes of at least 4 members (excludes halogenated alkanes) is 2. The van der Waals surface area contributed by atoms with Crippen LogP contribution in [0.2, 0.25) is 0 Å². The zero-order valence-electron chi connectivity index (χ0n) is 4.91. The highest BCUT2D eigenvalue weighted by Gasteiger charge is 1.76. The Morgan fingerprint density at radius 2 is 1.86 bits per heavy atom. The molecule has 0 bridgehead atoms. The van der Waals surface area contributed by atoms with Gasteiger partial charge >= 0.3 is 0 Å². The summed E-state index contributed by atoms with van der Waals surface area (Å²) in [5, 5.41) is 0. The predicted molar refractivity (Wildman–Crippen MR) is 35.3 cm³/mol. The minimum absolute atomic E-state index is 0. The molecule has 0 spiro atoms. The molecule has 0 amide bonds. The Hall–Kier alpha value is 0.250. The summed E-state index contributed by atoms with van der Waals surface area (Å²) in [4.78, 5) is 0. The van der Waals surface area contributed by atoms with Gasteiger partial charge in [0.05, 0.1) is 0 Å². The van der Waals surface area contributed by atoms with Crippen LogP contribution in [0.5, 0.6) is 0 Å². The van der Waals surface area contributed by atoms with Crippen LogP contribution in [0.4, 0.5) is 0 Å². The van der Waals surface area contributed by atoms with Gasteiger partial charge in [-0.1, -0.05) is 19.8 Å². The molecule has 0 aromatic rings. The number of rotatable bonds is 3. The van der Waals surface area contributed by atoms with E-state index in [1.165, 1.54) is 19.3 Å². The molecule has 0 aromatic heterocycles. The summed E-state index contributed by atoms with van der Waals surface area (Å²) in [6.07, 6.45) is 3.73. The molecule has 0 aliphatic heterocycles. The van der Waals surface area contributed by atoms with Gasteiger partial charge in [-0.25, -0.2) is 0 Å². The van der Waals surface area contributed by atoms with Crippen molar-refractivity contribution in [2.75, 3.05) is 5.88 Å². The number of halogens is 1. The molecule has 3 N–H and O–H groups in total. The van der Waals surface area contributed by atoms with E-state index in [9.17, 15) is 0 Å². The van der Waals surface area contributed by atoms with E-state index in [0.29, 0.717) is 0 Å². The van der Waals surface area contributed by atoms with Crippen molar-refractivity contribution >= 4 is 11.6 Å². The number of hydrogen-bond donors (Lipinski definition) is 1. The molecular formula is C5H14ClN. The average Bonchev–Trinajstić information content (AvgIpc) is 1.61. The van der Waals surface area contributed by atoms with Gasteiger partial charge in [-0.05, 0) is 6.42 Å². The second-order valence-electron chi connectivity index (χ2n) is 1.40. The maximum absolute atomic E-state index is 5.38. The van der Waals surface area contributed by atoms with Crippen molar-refractivity contribution in [2.24, 2.45) is 0 Å². The van der Waals surface area contributed by atoms with E-state index in [4.69, 9.17) is 11.6 Å². The molecule has 0 heterocycles. The van der Waals surface area contributed by atoms with E-state index < -0.39 is 0 Å². The fourth-order valence-corrected chi connectivity index (χ4v) is 0.533. The lowest BCUT2D eigenvalue weighted by atomic mass is 10.3. The van der Waals surface area contributed by atoms with Crippen molar-refractivity contribution in [3.05, 3.63) is 0 Å². The minimum atomic E-state index is 0. The van der Waals surface area contributed by atoms with Gasteiger partial charge in [-0.3, -0.25) is 0 Å². The quantitative estimate of drug-likeness (QED) is 0.454. The van der Waals surface area contributed by atoms with Gasteiger partial charge in [0.2, 0.25) is 0 Å². The highest BCUT2D eigenvalue weighted by molar-refractivity contribution is 6.17. The maximum Gasteiger partial charge on any atom is 0.0223 e. The van der Waals surface area contributed by atoms with Crippen LogP contribution in [-0.4, -0.2) is 5.88 Å². The molecule has 0 aromatic carbocycles. The highest BCUT2D eigenvalue weighted by atomic mass is 35.5. The summed E-state index contributed by atoms with van der Waals surface area (Å²) < 4.78 is 0. The van der Waals surface area contributed by atoms with E-state index >= 15 is 0 Å². The summed E-state index contributed by atoms with van der Waals surface area (Å²) in [7, 11) is 0. The van der Waals surface area contributed by atoms with Gasteiger partial charge in [0.25, 0.3) is 0 Å². The third-order valence-corrected chi connectivity index (χ3v) is 1.00.